The van der Waals surface area contributed by atoms with Gasteiger partial charge in [0.15, 0.2) is 0 Å². The minimum absolute atomic E-state index is 0.105. The third-order valence-corrected chi connectivity index (χ3v) is 7.81. The Morgan fingerprint density at radius 1 is 1.00 bits per heavy atom. The Bertz CT molecular complexity index is 433. The van der Waals surface area contributed by atoms with Crippen molar-refractivity contribution < 1.29 is 9.18 Å². The summed E-state index contributed by atoms with van der Waals surface area (Å²) in [5, 5.41) is 0. The van der Waals surface area contributed by atoms with Crippen LogP contribution in [0.4, 0.5) is 4.39 Å². The van der Waals surface area contributed by atoms with Crippen LogP contribution in [0.1, 0.15) is 85.0 Å². The lowest BCUT2D eigenvalue weighted by molar-refractivity contribution is -0.126. The molecule has 22 heavy (non-hydrogen) atoms. The Labute approximate surface area is 135 Å². The van der Waals surface area contributed by atoms with Crippen LogP contribution in [0.2, 0.25) is 0 Å². The van der Waals surface area contributed by atoms with E-state index in [2.05, 4.69) is 13.8 Å². The molecule has 2 heteroatoms. The zero-order valence-corrected chi connectivity index (χ0v) is 14.7. The van der Waals surface area contributed by atoms with Gasteiger partial charge in [-0.15, -0.1) is 0 Å². The van der Waals surface area contributed by atoms with Gasteiger partial charge in [0.2, 0.25) is 0 Å². The summed E-state index contributed by atoms with van der Waals surface area (Å²) in [7, 11) is 0. The molecule has 0 aromatic carbocycles. The van der Waals surface area contributed by atoms with Crippen LogP contribution in [0.15, 0.2) is 0 Å². The lowest BCUT2D eigenvalue weighted by atomic mass is 9.56. The van der Waals surface area contributed by atoms with Gasteiger partial charge in [-0.3, -0.25) is 4.79 Å². The second-order valence-corrected chi connectivity index (χ2v) is 9.12. The van der Waals surface area contributed by atoms with Crippen LogP contribution >= 0.6 is 0 Å². The average Bonchev–Trinajstić information content (AvgIpc) is 2.50. The van der Waals surface area contributed by atoms with E-state index in [1.165, 1.54) is 32.1 Å². The molecule has 3 rings (SSSR count). The Hall–Kier alpha value is -0.400. The van der Waals surface area contributed by atoms with Crippen molar-refractivity contribution in [2.45, 2.75) is 91.2 Å². The average molecular weight is 308 g/mol. The first-order chi connectivity index (χ1) is 10.3. The number of hydrogen-bond donors (Lipinski definition) is 0. The molecule has 0 heterocycles. The first kappa shape index (κ1) is 16.5. The van der Waals surface area contributed by atoms with Gasteiger partial charge in [-0.05, 0) is 81.0 Å². The third kappa shape index (κ3) is 2.76. The SMILES string of the molecule is CC(=O)C1CCCCC2CCC1(C)CC1CC(F)CCC21C. The molecular weight excluding hydrogens is 275 g/mol. The third-order valence-electron chi connectivity index (χ3n) is 7.81. The molecule has 3 saturated carbocycles. The molecule has 0 spiro atoms. The van der Waals surface area contributed by atoms with Gasteiger partial charge in [0, 0.05) is 5.92 Å². The van der Waals surface area contributed by atoms with E-state index in [9.17, 15) is 9.18 Å². The number of carbonyl (C=O) groups excluding carboxylic acids is 1. The minimum atomic E-state index is -0.611. The van der Waals surface area contributed by atoms with Crippen molar-refractivity contribution in [3.63, 3.8) is 0 Å². The van der Waals surface area contributed by atoms with E-state index < -0.39 is 6.17 Å². The number of halogens is 1. The van der Waals surface area contributed by atoms with Gasteiger partial charge >= 0.3 is 0 Å². The molecule has 2 bridgehead atoms. The van der Waals surface area contributed by atoms with Gasteiger partial charge < -0.3 is 0 Å². The minimum Gasteiger partial charge on any atom is -0.300 e. The first-order valence-corrected chi connectivity index (χ1v) is 9.50. The molecule has 0 aromatic rings. The number of fused-ring (bicyclic) bond motifs is 5. The van der Waals surface area contributed by atoms with Crippen LogP contribution < -0.4 is 0 Å². The number of hydrogen-bond acceptors (Lipinski definition) is 1. The van der Waals surface area contributed by atoms with Crippen LogP contribution in [-0.2, 0) is 4.79 Å². The van der Waals surface area contributed by atoms with Crippen LogP contribution in [0, 0.1) is 28.6 Å². The number of carbonyl (C=O) groups is 1. The van der Waals surface area contributed by atoms with E-state index in [4.69, 9.17) is 0 Å². The monoisotopic (exact) mass is 308 g/mol. The summed E-state index contributed by atoms with van der Waals surface area (Å²) in [6.07, 6.45) is 10.3. The Balaban J connectivity index is 1.98. The molecule has 1 nitrogen and oxygen atoms in total. The van der Waals surface area contributed by atoms with Crippen molar-refractivity contribution in [2.75, 3.05) is 0 Å². The highest BCUT2D eigenvalue weighted by atomic mass is 19.1. The Morgan fingerprint density at radius 3 is 2.45 bits per heavy atom. The largest absolute Gasteiger partial charge is 0.300 e. The van der Waals surface area contributed by atoms with Gasteiger partial charge in [-0.1, -0.05) is 26.7 Å². The summed E-state index contributed by atoms with van der Waals surface area (Å²) >= 11 is 0. The summed E-state index contributed by atoms with van der Waals surface area (Å²) in [5.74, 6) is 1.80. The summed E-state index contributed by atoms with van der Waals surface area (Å²) < 4.78 is 14.1. The van der Waals surface area contributed by atoms with Crippen LogP contribution in [0.25, 0.3) is 0 Å². The molecule has 0 N–H and O–H groups in total. The summed E-state index contributed by atoms with van der Waals surface area (Å²) in [5.41, 5.74) is 0.424. The lowest BCUT2D eigenvalue weighted by Crippen LogP contribution is -2.42. The highest BCUT2D eigenvalue weighted by Gasteiger charge is 2.52. The van der Waals surface area contributed by atoms with Crippen molar-refractivity contribution in [1.82, 2.24) is 0 Å². The van der Waals surface area contributed by atoms with Gasteiger partial charge in [-0.2, -0.15) is 0 Å². The fraction of sp³-hybridized carbons (Fsp3) is 0.950. The van der Waals surface area contributed by atoms with E-state index in [0.29, 0.717) is 17.1 Å². The van der Waals surface area contributed by atoms with E-state index in [1.807, 2.05) is 0 Å². The maximum Gasteiger partial charge on any atom is 0.133 e. The molecule has 126 valence electrons. The zero-order chi connectivity index (χ0) is 16.0. The van der Waals surface area contributed by atoms with Crippen molar-refractivity contribution in [1.29, 1.82) is 0 Å². The highest BCUT2D eigenvalue weighted by molar-refractivity contribution is 5.79. The lowest BCUT2D eigenvalue weighted by Gasteiger charge is -2.49. The topological polar surface area (TPSA) is 17.1 Å². The fourth-order valence-corrected chi connectivity index (χ4v) is 6.29. The molecule has 0 radical (unpaired) electrons. The Kier molecular flexibility index (Phi) is 4.42. The maximum atomic E-state index is 14.1. The molecular formula is C20H33FO. The standard InChI is InChI=1S/C20H33FO/c1-14(22)18-7-5-4-6-15-8-10-19(18,2)13-16-12-17(21)9-11-20(15,16)3/h15-18H,4-13H2,1-3H3. The van der Waals surface area contributed by atoms with E-state index in [1.54, 1.807) is 6.92 Å². The number of Topliss-reactive ketones (excluding diaryl/α,β-unsaturated/α-hetero) is 1. The zero-order valence-electron chi connectivity index (χ0n) is 14.7. The van der Waals surface area contributed by atoms with Gasteiger partial charge in [-0.25, -0.2) is 4.39 Å². The summed E-state index contributed by atoms with van der Waals surface area (Å²) in [6, 6.07) is 0. The molecule has 0 amide bonds. The molecule has 0 aromatic heterocycles. The summed E-state index contributed by atoms with van der Waals surface area (Å²) in [4.78, 5) is 12.3. The van der Waals surface area contributed by atoms with Gasteiger partial charge in [0.25, 0.3) is 0 Å². The predicted molar refractivity (Wildman–Crippen MR) is 88.4 cm³/mol. The highest BCUT2D eigenvalue weighted by Crippen LogP contribution is 2.60. The van der Waals surface area contributed by atoms with Crippen LogP contribution in [0.3, 0.4) is 0 Å². The van der Waals surface area contributed by atoms with Crippen molar-refractivity contribution >= 4 is 5.78 Å². The van der Waals surface area contributed by atoms with Crippen LogP contribution in [0.5, 0.6) is 0 Å². The number of rotatable bonds is 1. The van der Waals surface area contributed by atoms with Gasteiger partial charge in [0.05, 0.1) is 0 Å². The molecule has 3 aliphatic rings. The van der Waals surface area contributed by atoms with Gasteiger partial charge in [0.1, 0.15) is 12.0 Å². The molecule has 6 unspecified atom stereocenters. The second kappa shape index (κ2) is 5.91. The number of ketones is 1. The van der Waals surface area contributed by atoms with Crippen LogP contribution in [-0.4, -0.2) is 12.0 Å². The predicted octanol–water partition coefficient (Wildman–Crippen LogP) is 5.72. The molecule has 0 saturated heterocycles. The first-order valence-electron chi connectivity index (χ1n) is 9.50. The maximum absolute atomic E-state index is 14.1. The summed E-state index contributed by atoms with van der Waals surface area (Å²) in [6.45, 7) is 6.58. The van der Waals surface area contributed by atoms with E-state index in [0.717, 1.165) is 38.0 Å². The van der Waals surface area contributed by atoms with Crippen molar-refractivity contribution in [3.8, 4) is 0 Å². The van der Waals surface area contributed by atoms with Crippen molar-refractivity contribution in [3.05, 3.63) is 0 Å². The smallest absolute Gasteiger partial charge is 0.133 e. The normalized spacial score (nSPS) is 49.5. The molecule has 3 fully saturated rings. The van der Waals surface area contributed by atoms with E-state index in [-0.39, 0.29) is 11.3 Å². The number of alkyl halides is 1. The van der Waals surface area contributed by atoms with Crippen molar-refractivity contribution in [2.24, 2.45) is 28.6 Å². The fourth-order valence-electron chi connectivity index (χ4n) is 6.29. The Morgan fingerprint density at radius 2 is 1.73 bits per heavy atom. The molecule has 6 atom stereocenters. The molecule has 3 aliphatic carbocycles. The second-order valence-electron chi connectivity index (χ2n) is 9.12. The molecule has 0 aliphatic heterocycles. The van der Waals surface area contributed by atoms with E-state index >= 15 is 0 Å². The quantitative estimate of drug-likeness (QED) is 0.606.